The number of nitriles is 1. The number of halogens is 2. The number of benzene rings is 1. The summed E-state index contributed by atoms with van der Waals surface area (Å²) in [6, 6.07) is 4.09. The predicted octanol–water partition coefficient (Wildman–Crippen LogP) is 2.84. The average Bonchev–Trinajstić information content (AvgIpc) is 2.35. The van der Waals surface area contributed by atoms with E-state index in [9.17, 15) is 13.6 Å². The number of alkyl halides is 2. The Morgan fingerprint density at radius 1 is 1.53 bits per heavy atom. The van der Waals surface area contributed by atoms with Crippen LogP contribution in [-0.2, 0) is 11.2 Å². The Bertz CT molecular complexity index is 478. The molecule has 1 aromatic carbocycles. The fourth-order valence-electron chi connectivity index (χ4n) is 1.65. The molecule has 0 saturated heterocycles. The minimum absolute atomic E-state index is 0.134. The molecular formula is C12H11F2NO2. The highest BCUT2D eigenvalue weighted by Crippen LogP contribution is 2.28. The maximum atomic E-state index is 12.7. The minimum atomic E-state index is -2.73. The third-order valence-corrected chi connectivity index (χ3v) is 2.45. The molecule has 0 spiro atoms. The number of rotatable bonds is 3. The summed E-state index contributed by atoms with van der Waals surface area (Å²) in [5.74, 6) is -0.626. The number of hydrogen-bond donors (Lipinski definition) is 0. The van der Waals surface area contributed by atoms with Crippen LogP contribution in [0.5, 0.6) is 0 Å². The van der Waals surface area contributed by atoms with Crippen molar-refractivity contribution in [3.8, 4) is 6.07 Å². The van der Waals surface area contributed by atoms with Crippen LogP contribution in [0.25, 0.3) is 0 Å². The van der Waals surface area contributed by atoms with Crippen molar-refractivity contribution >= 4 is 5.97 Å². The molecule has 0 aliphatic carbocycles. The largest absolute Gasteiger partial charge is 0.465 e. The van der Waals surface area contributed by atoms with E-state index in [0.29, 0.717) is 12.0 Å². The van der Waals surface area contributed by atoms with Gasteiger partial charge in [-0.15, -0.1) is 0 Å². The summed E-state index contributed by atoms with van der Waals surface area (Å²) in [4.78, 5) is 11.4. The van der Waals surface area contributed by atoms with Crippen molar-refractivity contribution in [1.29, 1.82) is 5.26 Å². The van der Waals surface area contributed by atoms with Crippen molar-refractivity contribution in [2.75, 3.05) is 7.11 Å². The van der Waals surface area contributed by atoms with E-state index in [1.807, 2.05) is 0 Å². The highest BCUT2D eigenvalue weighted by Gasteiger charge is 2.21. The van der Waals surface area contributed by atoms with Crippen molar-refractivity contribution in [2.45, 2.75) is 19.8 Å². The first-order valence-corrected chi connectivity index (χ1v) is 4.99. The van der Waals surface area contributed by atoms with Crippen LogP contribution >= 0.6 is 0 Å². The third kappa shape index (κ3) is 2.41. The van der Waals surface area contributed by atoms with Crippen LogP contribution in [0.2, 0.25) is 0 Å². The molecule has 1 aromatic rings. The molecule has 0 aromatic heterocycles. The van der Waals surface area contributed by atoms with E-state index in [2.05, 4.69) is 4.74 Å². The second-order valence-electron chi connectivity index (χ2n) is 3.31. The molecule has 0 bridgehead atoms. The molecule has 0 saturated carbocycles. The van der Waals surface area contributed by atoms with Gasteiger partial charge >= 0.3 is 5.97 Å². The Kier molecular flexibility index (Phi) is 4.16. The maximum absolute atomic E-state index is 12.7. The zero-order chi connectivity index (χ0) is 13.0. The summed E-state index contributed by atoms with van der Waals surface area (Å²) < 4.78 is 29.9. The molecule has 0 heterocycles. The zero-order valence-electron chi connectivity index (χ0n) is 9.46. The molecular weight excluding hydrogens is 228 g/mol. The number of methoxy groups -OCH3 is 1. The lowest BCUT2D eigenvalue weighted by atomic mass is 9.95. The van der Waals surface area contributed by atoms with Crippen molar-refractivity contribution in [3.05, 3.63) is 34.4 Å². The Balaban J connectivity index is 3.50. The van der Waals surface area contributed by atoms with E-state index in [1.54, 1.807) is 13.0 Å². The maximum Gasteiger partial charge on any atom is 0.338 e. The van der Waals surface area contributed by atoms with Crippen molar-refractivity contribution < 1.29 is 18.3 Å². The Morgan fingerprint density at radius 3 is 2.59 bits per heavy atom. The van der Waals surface area contributed by atoms with Gasteiger partial charge in [0.15, 0.2) is 0 Å². The monoisotopic (exact) mass is 239 g/mol. The van der Waals surface area contributed by atoms with Gasteiger partial charge in [-0.3, -0.25) is 0 Å². The summed E-state index contributed by atoms with van der Waals surface area (Å²) in [6.07, 6.45) is -2.42. The Hall–Kier alpha value is -1.96. The number of esters is 1. The third-order valence-electron chi connectivity index (χ3n) is 2.45. The number of carbonyl (C=O) groups excluding carboxylic acids is 1. The van der Waals surface area contributed by atoms with Crippen molar-refractivity contribution in [1.82, 2.24) is 0 Å². The molecule has 0 atom stereocenters. The van der Waals surface area contributed by atoms with E-state index in [0.717, 1.165) is 6.07 Å². The summed E-state index contributed by atoms with van der Waals surface area (Å²) >= 11 is 0. The molecule has 5 heteroatoms. The molecule has 1 rings (SSSR count). The average molecular weight is 239 g/mol. The van der Waals surface area contributed by atoms with Crippen LogP contribution < -0.4 is 0 Å². The fraction of sp³-hybridized carbons (Fsp3) is 0.333. The van der Waals surface area contributed by atoms with Crippen LogP contribution in [0, 0.1) is 11.3 Å². The molecule has 0 amide bonds. The molecule has 3 nitrogen and oxygen atoms in total. The van der Waals surface area contributed by atoms with Crippen LogP contribution in [0.1, 0.15) is 40.4 Å². The predicted molar refractivity (Wildman–Crippen MR) is 56.8 cm³/mol. The highest BCUT2D eigenvalue weighted by atomic mass is 19.3. The molecule has 0 fully saturated rings. The second-order valence-corrected chi connectivity index (χ2v) is 3.31. The lowest BCUT2D eigenvalue weighted by Gasteiger charge is -2.11. The molecule has 0 unspecified atom stereocenters. The molecule has 0 radical (unpaired) electrons. The van der Waals surface area contributed by atoms with Gasteiger partial charge in [-0.05, 0) is 18.1 Å². The lowest BCUT2D eigenvalue weighted by molar-refractivity contribution is 0.0599. The van der Waals surface area contributed by atoms with Crippen LogP contribution in [0.15, 0.2) is 12.1 Å². The van der Waals surface area contributed by atoms with Crippen molar-refractivity contribution in [3.63, 3.8) is 0 Å². The van der Waals surface area contributed by atoms with E-state index in [4.69, 9.17) is 5.26 Å². The minimum Gasteiger partial charge on any atom is -0.465 e. The summed E-state index contributed by atoms with van der Waals surface area (Å²) in [6.45, 7) is 1.69. The zero-order valence-corrected chi connectivity index (χ0v) is 9.46. The van der Waals surface area contributed by atoms with E-state index in [-0.39, 0.29) is 16.7 Å². The SMILES string of the molecule is CCc1c(C(=O)OC)ccc(C(F)F)c1C#N. The van der Waals surface area contributed by atoms with Gasteiger partial charge in [0.25, 0.3) is 6.43 Å². The van der Waals surface area contributed by atoms with Gasteiger partial charge in [-0.1, -0.05) is 13.0 Å². The molecule has 0 N–H and O–H groups in total. The molecule has 0 aliphatic rings. The summed E-state index contributed by atoms with van der Waals surface area (Å²) in [5, 5.41) is 8.92. The van der Waals surface area contributed by atoms with E-state index < -0.39 is 12.4 Å². The van der Waals surface area contributed by atoms with Crippen LogP contribution in [0.3, 0.4) is 0 Å². The molecule has 17 heavy (non-hydrogen) atoms. The van der Waals surface area contributed by atoms with Gasteiger partial charge < -0.3 is 4.74 Å². The van der Waals surface area contributed by atoms with Gasteiger partial charge in [0.05, 0.1) is 24.3 Å². The number of hydrogen-bond acceptors (Lipinski definition) is 3. The Morgan fingerprint density at radius 2 is 2.18 bits per heavy atom. The first-order valence-electron chi connectivity index (χ1n) is 4.99. The van der Waals surface area contributed by atoms with Gasteiger partial charge in [-0.2, -0.15) is 5.26 Å². The summed E-state index contributed by atoms with van der Waals surface area (Å²) in [7, 11) is 1.20. The highest BCUT2D eigenvalue weighted by molar-refractivity contribution is 5.92. The molecule has 0 aliphatic heterocycles. The van der Waals surface area contributed by atoms with Gasteiger partial charge in [0.2, 0.25) is 0 Å². The topological polar surface area (TPSA) is 50.1 Å². The van der Waals surface area contributed by atoms with Gasteiger partial charge in [-0.25, -0.2) is 13.6 Å². The number of nitrogens with zero attached hydrogens (tertiary/aromatic N) is 1. The van der Waals surface area contributed by atoms with Gasteiger partial charge in [0, 0.05) is 5.56 Å². The van der Waals surface area contributed by atoms with Crippen LogP contribution in [0.4, 0.5) is 8.78 Å². The quantitative estimate of drug-likeness (QED) is 0.762. The summed E-state index contributed by atoms with van der Waals surface area (Å²) in [5.41, 5.74) is -0.0181. The number of carbonyl (C=O) groups is 1. The first-order chi connectivity index (χ1) is 8.06. The fourth-order valence-corrected chi connectivity index (χ4v) is 1.65. The van der Waals surface area contributed by atoms with E-state index in [1.165, 1.54) is 13.2 Å². The van der Waals surface area contributed by atoms with E-state index >= 15 is 0 Å². The normalized spacial score (nSPS) is 10.1. The second kappa shape index (κ2) is 5.39. The lowest BCUT2D eigenvalue weighted by Crippen LogP contribution is -2.09. The van der Waals surface area contributed by atoms with Gasteiger partial charge in [0.1, 0.15) is 0 Å². The number of ether oxygens (including phenoxy) is 1. The first kappa shape index (κ1) is 13.1. The van der Waals surface area contributed by atoms with Crippen molar-refractivity contribution in [2.24, 2.45) is 0 Å². The smallest absolute Gasteiger partial charge is 0.338 e. The Labute approximate surface area is 97.6 Å². The van der Waals surface area contributed by atoms with Crippen LogP contribution in [-0.4, -0.2) is 13.1 Å². The molecule has 90 valence electrons. The standard InChI is InChI=1S/C12H11F2NO2/c1-3-7-9(12(16)17-2)5-4-8(11(13)14)10(7)6-15/h4-5,11H,3H2,1-2H3.